The second-order valence-electron chi connectivity index (χ2n) is 2.90. The maximum absolute atomic E-state index is 13.5. The molecule has 0 bridgehead atoms. The van der Waals surface area contributed by atoms with Gasteiger partial charge in [0.2, 0.25) is 0 Å². The smallest absolute Gasteiger partial charge is 0.134 e. The molecule has 0 amide bonds. The van der Waals surface area contributed by atoms with Gasteiger partial charge in [0, 0.05) is 9.85 Å². The SMILES string of the molecule is OCc1csc(-c2c(F)cccc2Br)n1. The minimum Gasteiger partial charge on any atom is -0.390 e. The van der Waals surface area contributed by atoms with Gasteiger partial charge in [0.15, 0.2) is 0 Å². The average molecular weight is 288 g/mol. The van der Waals surface area contributed by atoms with Crippen LogP contribution in [0.4, 0.5) is 4.39 Å². The van der Waals surface area contributed by atoms with E-state index in [0.717, 1.165) is 0 Å². The van der Waals surface area contributed by atoms with Crippen LogP contribution in [0.25, 0.3) is 10.6 Å². The maximum Gasteiger partial charge on any atom is 0.134 e. The third kappa shape index (κ3) is 2.09. The van der Waals surface area contributed by atoms with E-state index >= 15 is 0 Å². The van der Waals surface area contributed by atoms with Crippen molar-refractivity contribution in [2.45, 2.75) is 6.61 Å². The van der Waals surface area contributed by atoms with Crippen molar-refractivity contribution in [3.05, 3.63) is 39.6 Å². The van der Waals surface area contributed by atoms with Crippen LogP contribution in [0.1, 0.15) is 5.69 Å². The van der Waals surface area contributed by atoms with Crippen LogP contribution in [0.3, 0.4) is 0 Å². The minimum absolute atomic E-state index is 0.122. The highest BCUT2D eigenvalue weighted by atomic mass is 79.9. The standard InChI is InChI=1S/C10H7BrFNOS/c11-7-2-1-3-8(12)9(7)10-13-6(4-14)5-15-10/h1-3,5,14H,4H2. The number of benzene rings is 1. The van der Waals surface area contributed by atoms with Gasteiger partial charge in [-0.15, -0.1) is 11.3 Å². The van der Waals surface area contributed by atoms with E-state index in [1.807, 2.05) is 0 Å². The minimum atomic E-state index is -0.316. The Morgan fingerprint density at radius 2 is 2.27 bits per heavy atom. The molecule has 0 spiro atoms. The lowest BCUT2D eigenvalue weighted by molar-refractivity contribution is 0.278. The fourth-order valence-corrected chi connectivity index (χ4v) is 2.73. The van der Waals surface area contributed by atoms with Crippen molar-refractivity contribution in [1.82, 2.24) is 4.98 Å². The molecule has 1 N–H and O–H groups in total. The van der Waals surface area contributed by atoms with Gasteiger partial charge in [-0.1, -0.05) is 6.07 Å². The first-order valence-corrected chi connectivity index (χ1v) is 5.89. The first-order valence-electron chi connectivity index (χ1n) is 4.22. The third-order valence-corrected chi connectivity index (χ3v) is 3.46. The molecule has 78 valence electrons. The molecule has 0 atom stereocenters. The number of halogens is 2. The summed E-state index contributed by atoms with van der Waals surface area (Å²) in [4.78, 5) is 4.12. The van der Waals surface area contributed by atoms with Crippen LogP contribution in [-0.2, 0) is 6.61 Å². The Labute approximate surface area is 98.5 Å². The molecule has 0 radical (unpaired) electrons. The summed E-state index contributed by atoms with van der Waals surface area (Å²) in [5, 5.41) is 11.2. The number of aromatic nitrogens is 1. The molecular weight excluding hydrogens is 281 g/mol. The van der Waals surface area contributed by atoms with Crippen molar-refractivity contribution in [3.8, 4) is 10.6 Å². The van der Waals surface area contributed by atoms with Crippen LogP contribution in [0.2, 0.25) is 0 Å². The van der Waals surface area contributed by atoms with E-state index in [4.69, 9.17) is 5.11 Å². The van der Waals surface area contributed by atoms with Crippen molar-refractivity contribution in [2.24, 2.45) is 0 Å². The number of aliphatic hydroxyl groups excluding tert-OH is 1. The van der Waals surface area contributed by atoms with Gasteiger partial charge in [0.25, 0.3) is 0 Å². The van der Waals surface area contributed by atoms with Gasteiger partial charge in [0.05, 0.1) is 17.9 Å². The summed E-state index contributed by atoms with van der Waals surface area (Å²) >= 11 is 4.59. The van der Waals surface area contributed by atoms with Gasteiger partial charge in [-0.05, 0) is 28.1 Å². The second-order valence-corrected chi connectivity index (χ2v) is 4.61. The highest BCUT2D eigenvalue weighted by Gasteiger charge is 2.12. The fourth-order valence-electron chi connectivity index (χ4n) is 1.20. The van der Waals surface area contributed by atoms with Crippen LogP contribution in [0, 0.1) is 5.82 Å². The predicted molar refractivity (Wildman–Crippen MR) is 61.1 cm³/mol. The molecule has 0 aliphatic heterocycles. The van der Waals surface area contributed by atoms with Crippen molar-refractivity contribution in [2.75, 3.05) is 0 Å². The molecule has 1 aromatic carbocycles. The topological polar surface area (TPSA) is 33.1 Å². The summed E-state index contributed by atoms with van der Waals surface area (Å²) in [5.41, 5.74) is 1.01. The zero-order valence-corrected chi connectivity index (χ0v) is 9.98. The Balaban J connectivity index is 2.53. The molecule has 1 aromatic heterocycles. The molecule has 0 saturated carbocycles. The molecule has 0 unspecified atom stereocenters. The Kier molecular flexibility index (Phi) is 3.14. The molecular formula is C10H7BrFNOS. The number of nitrogens with zero attached hydrogens (tertiary/aromatic N) is 1. The number of hydrogen-bond acceptors (Lipinski definition) is 3. The Hall–Kier alpha value is -0.780. The summed E-state index contributed by atoms with van der Waals surface area (Å²) in [6.07, 6.45) is 0. The molecule has 2 nitrogen and oxygen atoms in total. The molecule has 1 heterocycles. The normalized spacial score (nSPS) is 10.6. The average Bonchev–Trinajstić information content (AvgIpc) is 2.66. The lowest BCUT2D eigenvalue weighted by atomic mass is 10.2. The van der Waals surface area contributed by atoms with Crippen LogP contribution in [0.5, 0.6) is 0 Å². The largest absolute Gasteiger partial charge is 0.390 e. The summed E-state index contributed by atoms with van der Waals surface area (Å²) in [5.74, 6) is -0.316. The monoisotopic (exact) mass is 287 g/mol. The summed E-state index contributed by atoms with van der Waals surface area (Å²) in [6.45, 7) is -0.122. The molecule has 0 aliphatic carbocycles. The van der Waals surface area contributed by atoms with Crippen LogP contribution in [-0.4, -0.2) is 10.1 Å². The lowest BCUT2D eigenvalue weighted by Gasteiger charge is -2.01. The van der Waals surface area contributed by atoms with Crippen molar-refractivity contribution in [3.63, 3.8) is 0 Å². The first kappa shape index (κ1) is 10.7. The van der Waals surface area contributed by atoms with Gasteiger partial charge >= 0.3 is 0 Å². The molecule has 0 fully saturated rings. The van der Waals surface area contributed by atoms with E-state index in [-0.39, 0.29) is 12.4 Å². The summed E-state index contributed by atoms with van der Waals surface area (Å²) in [7, 11) is 0. The lowest BCUT2D eigenvalue weighted by Crippen LogP contribution is -1.87. The van der Waals surface area contributed by atoms with Gasteiger partial charge in [0.1, 0.15) is 10.8 Å². The number of aliphatic hydroxyl groups is 1. The highest BCUT2D eigenvalue weighted by Crippen LogP contribution is 2.32. The van der Waals surface area contributed by atoms with Gasteiger partial charge in [-0.3, -0.25) is 0 Å². The van der Waals surface area contributed by atoms with Crippen molar-refractivity contribution < 1.29 is 9.50 Å². The van der Waals surface area contributed by atoms with Crippen LogP contribution >= 0.6 is 27.3 Å². The Morgan fingerprint density at radius 3 is 2.87 bits per heavy atom. The Bertz CT molecular complexity index is 466. The quantitative estimate of drug-likeness (QED) is 0.920. The fraction of sp³-hybridized carbons (Fsp3) is 0.100. The zero-order chi connectivity index (χ0) is 10.8. The number of hydrogen-bond donors (Lipinski definition) is 1. The van der Waals surface area contributed by atoms with Crippen molar-refractivity contribution >= 4 is 27.3 Å². The molecule has 0 saturated heterocycles. The van der Waals surface area contributed by atoms with E-state index in [0.29, 0.717) is 20.7 Å². The molecule has 2 aromatic rings. The first-order chi connectivity index (χ1) is 7.22. The summed E-state index contributed by atoms with van der Waals surface area (Å²) in [6, 6.07) is 4.78. The maximum atomic E-state index is 13.5. The second kappa shape index (κ2) is 4.38. The Morgan fingerprint density at radius 1 is 1.47 bits per heavy atom. The molecule has 0 aliphatic rings. The van der Waals surface area contributed by atoms with Crippen LogP contribution in [0.15, 0.2) is 28.1 Å². The number of thiazole rings is 1. The summed E-state index contributed by atoms with van der Waals surface area (Å²) < 4.78 is 14.2. The van der Waals surface area contributed by atoms with E-state index in [9.17, 15) is 4.39 Å². The number of rotatable bonds is 2. The van der Waals surface area contributed by atoms with E-state index in [2.05, 4.69) is 20.9 Å². The third-order valence-electron chi connectivity index (χ3n) is 1.89. The molecule has 5 heteroatoms. The highest BCUT2D eigenvalue weighted by molar-refractivity contribution is 9.10. The van der Waals surface area contributed by atoms with E-state index in [1.165, 1.54) is 17.4 Å². The zero-order valence-electron chi connectivity index (χ0n) is 7.58. The van der Waals surface area contributed by atoms with Gasteiger partial charge in [-0.25, -0.2) is 9.37 Å². The van der Waals surface area contributed by atoms with Crippen molar-refractivity contribution in [1.29, 1.82) is 0 Å². The molecule has 2 rings (SSSR count). The van der Waals surface area contributed by atoms with Gasteiger partial charge < -0.3 is 5.11 Å². The van der Waals surface area contributed by atoms with E-state index in [1.54, 1.807) is 17.5 Å². The predicted octanol–water partition coefficient (Wildman–Crippen LogP) is 3.20. The molecule has 15 heavy (non-hydrogen) atoms. The van der Waals surface area contributed by atoms with E-state index < -0.39 is 0 Å². The van der Waals surface area contributed by atoms with Crippen LogP contribution < -0.4 is 0 Å². The van der Waals surface area contributed by atoms with Gasteiger partial charge in [-0.2, -0.15) is 0 Å².